The summed E-state index contributed by atoms with van der Waals surface area (Å²) in [5, 5.41) is 14.3. The van der Waals surface area contributed by atoms with Crippen LogP contribution in [0.4, 0.5) is 0 Å². The topological polar surface area (TPSA) is 169 Å². The fourth-order valence-electron chi connectivity index (χ4n) is 5.14. The molecule has 12 nitrogen and oxygen atoms in total. The Labute approximate surface area is 276 Å². The van der Waals surface area contributed by atoms with Crippen molar-refractivity contribution in [2.75, 3.05) is 37.8 Å². The summed E-state index contributed by atoms with van der Waals surface area (Å²) >= 11 is 0. The van der Waals surface area contributed by atoms with E-state index in [0.717, 1.165) is 5.56 Å². The van der Waals surface area contributed by atoms with Gasteiger partial charge in [-0.15, -0.1) is 0 Å². The Kier molecular flexibility index (Phi) is 12.1. The number of nitrogens with one attached hydrogen (secondary N) is 1. The number of ketones is 1. The Balaban J connectivity index is 1.52. The van der Waals surface area contributed by atoms with Crippen molar-refractivity contribution < 1.29 is 41.0 Å². The van der Waals surface area contributed by atoms with Gasteiger partial charge in [0.05, 0.1) is 22.8 Å². The second-order valence-corrected chi connectivity index (χ2v) is 16.0. The van der Waals surface area contributed by atoms with Gasteiger partial charge in [-0.05, 0) is 42.2 Å². The number of Topliss-reactive ketones (excluding diaryl/α,β-unsaturated/α-hetero) is 1. The number of fused-ring (bicyclic) bond motifs is 1. The number of nitrogens with zero attached hydrogens (tertiary/aromatic N) is 2. The Hall–Kier alpha value is -3.85. The molecule has 0 spiro atoms. The molecule has 4 rings (SSSR count). The van der Waals surface area contributed by atoms with Gasteiger partial charge >= 0.3 is 0 Å². The third kappa shape index (κ3) is 10.1. The molecule has 1 aromatic heterocycles. The van der Waals surface area contributed by atoms with Crippen molar-refractivity contribution in [3.63, 3.8) is 0 Å². The maximum atomic E-state index is 13.9. The van der Waals surface area contributed by atoms with Gasteiger partial charge in [0.2, 0.25) is 15.9 Å². The molecule has 1 aliphatic rings. The molecule has 2 N–H and O–H groups in total. The van der Waals surface area contributed by atoms with Crippen LogP contribution in [-0.4, -0.2) is 92.9 Å². The first-order valence-corrected chi connectivity index (χ1v) is 18.6. The van der Waals surface area contributed by atoms with Crippen LogP contribution in [0.25, 0.3) is 0 Å². The number of benzene rings is 2. The van der Waals surface area contributed by atoms with Crippen molar-refractivity contribution in [2.24, 2.45) is 11.8 Å². The molecule has 0 saturated heterocycles. The minimum atomic E-state index is -4.13. The summed E-state index contributed by atoms with van der Waals surface area (Å²) in [5.74, 6) is -3.19. The van der Waals surface area contributed by atoms with Crippen LogP contribution < -0.4 is 14.8 Å². The molecule has 1 unspecified atom stereocenters. The lowest BCUT2D eigenvalue weighted by molar-refractivity contribution is -0.125. The summed E-state index contributed by atoms with van der Waals surface area (Å²) in [6.07, 6.45) is 0.155. The number of sulfonamides is 1. The average Bonchev–Trinajstić information content (AvgIpc) is 3.04. The van der Waals surface area contributed by atoms with E-state index < -0.39 is 61.1 Å². The fraction of sp³-hybridized carbons (Fsp3) is 0.424. The number of amides is 1. The lowest BCUT2D eigenvalue weighted by atomic mass is 10.00. The van der Waals surface area contributed by atoms with Crippen LogP contribution in [0.15, 0.2) is 77.8 Å². The molecular weight excluding hydrogens is 647 g/mol. The van der Waals surface area contributed by atoms with Crippen LogP contribution in [0.5, 0.6) is 11.5 Å². The number of hydrogen-bond donors (Lipinski definition) is 2. The monoisotopic (exact) mass is 687 g/mol. The molecule has 1 aliphatic heterocycles. The third-order valence-electron chi connectivity index (χ3n) is 7.45. The highest BCUT2D eigenvalue weighted by Crippen LogP contribution is 2.33. The van der Waals surface area contributed by atoms with Gasteiger partial charge < -0.3 is 19.9 Å². The Morgan fingerprint density at radius 1 is 0.915 bits per heavy atom. The summed E-state index contributed by atoms with van der Waals surface area (Å²) < 4.78 is 65.7. The van der Waals surface area contributed by atoms with Crippen LogP contribution in [0, 0.1) is 11.8 Å². The molecule has 47 heavy (non-hydrogen) atoms. The van der Waals surface area contributed by atoms with Gasteiger partial charge in [0.25, 0.3) is 0 Å². The summed E-state index contributed by atoms with van der Waals surface area (Å²) in [5.41, 5.74) is 0.777. The van der Waals surface area contributed by atoms with Gasteiger partial charge in [-0.1, -0.05) is 57.2 Å². The quantitative estimate of drug-likeness (QED) is 0.214. The second kappa shape index (κ2) is 15.8. The van der Waals surface area contributed by atoms with Crippen LogP contribution in [0.1, 0.15) is 36.8 Å². The smallest absolute Gasteiger partial charge is 0.243 e. The zero-order valence-corrected chi connectivity index (χ0v) is 28.2. The van der Waals surface area contributed by atoms with E-state index in [-0.39, 0.29) is 42.6 Å². The predicted molar refractivity (Wildman–Crippen MR) is 175 cm³/mol. The maximum Gasteiger partial charge on any atom is 0.243 e. The molecule has 2 heterocycles. The molecule has 3 aromatic rings. The molecule has 0 fully saturated rings. The number of ether oxygens (including phenoxy) is 2. The molecule has 254 valence electrons. The van der Waals surface area contributed by atoms with Crippen molar-refractivity contribution in [2.45, 2.75) is 44.2 Å². The average molecular weight is 688 g/mol. The predicted octanol–water partition coefficient (Wildman–Crippen LogP) is 2.52. The normalized spacial score (nSPS) is 15.2. The minimum Gasteiger partial charge on any atom is -0.486 e. The van der Waals surface area contributed by atoms with E-state index in [1.807, 2.05) is 19.9 Å². The molecule has 1 amide bonds. The highest BCUT2D eigenvalue weighted by Gasteiger charge is 2.33. The SMILES string of the molecule is CC(C)CN(C[C@@H](O)C(Cc1ccccc1)NC(=O)[C@H](C)CS(=O)(=O)CC(=O)c1ccccn1)S(=O)(=O)c1ccc2c(c1)OCCO2. The highest BCUT2D eigenvalue weighted by atomic mass is 32.2. The summed E-state index contributed by atoms with van der Waals surface area (Å²) in [6, 6.07) is 17.0. The summed E-state index contributed by atoms with van der Waals surface area (Å²) in [4.78, 5) is 29.7. The molecule has 14 heteroatoms. The zero-order chi connectivity index (χ0) is 34.2. The van der Waals surface area contributed by atoms with Crippen LogP contribution >= 0.6 is 0 Å². The number of rotatable bonds is 16. The molecule has 2 aromatic carbocycles. The van der Waals surface area contributed by atoms with E-state index >= 15 is 0 Å². The van der Waals surface area contributed by atoms with Crippen molar-refractivity contribution >= 4 is 31.6 Å². The zero-order valence-electron chi connectivity index (χ0n) is 26.6. The molecular formula is C33H41N3O9S2. The van der Waals surface area contributed by atoms with Crippen molar-refractivity contribution in [1.29, 1.82) is 0 Å². The van der Waals surface area contributed by atoms with Crippen LogP contribution in [-0.2, 0) is 31.1 Å². The number of aliphatic hydroxyl groups excluding tert-OH is 1. The first-order valence-electron chi connectivity index (χ1n) is 15.3. The van der Waals surface area contributed by atoms with Crippen LogP contribution in [0.2, 0.25) is 0 Å². The minimum absolute atomic E-state index is 0.0105. The van der Waals surface area contributed by atoms with Gasteiger partial charge in [-0.25, -0.2) is 16.8 Å². The fourth-order valence-corrected chi connectivity index (χ4v) is 8.36. The highest BCUT2D eigenvalue weighted by molar-refractivity contribution is 7.92. The molecule has 0 aliphatic carbocycles. The van der Waals surface area contributed by atoms with E-state index in [1.165, 1.54) is 41.7 Å². The van der Waals surface area contributed by atoms with Gasteiger partial charge in [0.1, 0.15) is 24.7 Å². The van der Waals surface area contributed by atoms with E-state index in [2.05, 4.69) is 10.3 Å². The molecule has 0 bridgehead atoms. The number of aromatic nitrogens is 1. The largest absolute Gasteiger partial charge is 0.486 e. The van der Waals surface area contributed by atoms with Crippen molar-refractivity contribution in [1.82, 2.24) is 14.6 Å². The van der Waals surface area contributed by atoms with Gasteiger partial charge in [0, 0.05) is 31.3 Å². The number of carbonyl (C=O) groups excluding carboxylic acids is 2. The van der Waals surface area contributed by atoms with Crippen molar-refractivity contribution in [3.05, 3.63) is 84.2 Å². The summed E-state index contributed by atoms with van der Waals surface area (Å²) in [7, 11) is -8.12. The van der Waals surface area contributed by atoms with E-state index in [9.17, 15) is 31.5 Å². The molecule has 3 atom stereocenters. The van der Waals surface area contributed by atoms with E-state index in [0.29, 0.717) is 18.1 Å². The first kappa shape index (κ1) is 36.0. The van der Waals surface area contributed by atoms with Gasteiger partial charge in [-0.2, -0.15) is 4.31 Å². The number of hydrogen-bond acceptors (Lipinski definition) is 10. The molecule has 0 saturated carbocycles. The summed E-state index contributed by atoms with van der Waals surface area (Å²) in [6.45, 7) is 5.49. The lowest BCUT2D eigenvalue weighted by Crippen LogP contribution is -2.52. The van der Waals surface area contributed by atoms with Crippen molar-refractivity contribution in [3.8, 4) is 11.5 Å². The van der Waals surface area contributed by atoms with Gasteiger partial charge in [-0.3, -0.25) is 14.6 Å². The number of sulfone groups is 1. The third-order valence-corrected chi connectivity index (χ3v) is 11.0. The van der Waals surface area contributed by atoms with E-state index in [1.54, 1.807) is 36.4 Å². The Morgan fingerprint density at radius 3 is 2.26 bits per heavy atom. The first-order chi connectivity index (χ1) is 22.2. The number of carbonyl (C=O) groups is 2. The number of pyridine rings is 1. The molecule has 0 radical (unpaired) electrons. The van der Waals surface area contributed by atoms with Crippen LogP contribution in [0.3, 0.4) is 0 Å². The number of aliphatic hydroxyl groups is 1. The Bertz CT molecular complexity index is 1740. The standard InChI is InChI=1S/C33H41N3O9S2/c1-23(2)19-36(47(42,43)26-12-13-31-32(18-26)45-16-15-44-31)20-29(37)28(17-25-9-5-4-6-10-25)35-33(39)24(3)21-46(40,41)22-30(38)27-11-7-8-14-34-27/h4-14,18,23-24,28-29,37H,15-17,19-22H2,1-3H3,(H,35,39)/t24-,28?,29-/m1/s1. The lowest BCUT2D eigenvalue weighted by Gasteiger charge is -2.31. The maximum absolute atomic E-state index is 13.9. The van der Waals surface area contributed by atoms with Gasteiger partial charge in [0.15, 0.2) is 27.1 Å². The second-order valence-electron chi connectivity index (χ2n) is 12.0. The Morgan fingerprint density at radius 2 is 1.60 bits per heavy atom. The van der Waals surface area contributed by atoms with E-state index in [4.69, 9.17) is 9.47 Å².